The second kappa shape index (κ2) is 4.67. The fraction of sp³-hybridized carbons (Fsp3) is 0.235. The Morgan fingerprint density at radius 3 is 2.45 bits per heavy atom. The Morgan fingerprint density at radius 2 is 1.70 bits per heavy atom. The smallest absolute Gasteiger partial charge is 0.264 e. The van der Waals surface area contributed by atoms with Crippen molar-refractivity contribution in [1.82, 2.24) is 0 Å². The van der Waals surface area contributed by atoms with Crippen LogP contribution in [0.2, 0.25) is 0 Å². The lowest BCUT2D eigenvalue weighted by Crippen LogP contribution is -2.35. The summed E-state index contributed by atoms with van der Waals surface area (Å²) in [4.78, 5) is 13.2. The lowest BCUT2D eigenvalue weighted by molar-refractivity contribution is -0.120. The van der Waals surface area contributed by atoms with Crippen molar-refractivity contribution in [2.45, 2.75) is 13.8 Å². The highest BCUT2D eigenvalue weighted by Crippen LogP contribution is 2.35. The number of nitrogens with zero attached hydrogens (tertiary/aromatic N) is 1. The standard InChI is InChI=1S/C17H17NO2/c1-11-4-5-13(8-12(11)2)14-6-7-15-16(9-14)20-10-17(19)18(15)3/h4-9H,10H2,1-3H3. The van der Waals surface area contributed by atoms with E-state index in [0.29, 0.717) is 0 Å². The van der Waals surface area contributed by atoms with E-state index in [2.05, 4.69) is 32.0 Å². The average Bonchev–Trinajstić information content (AvgIpc) is 2.45. The predicted octanol–water partition coefficient (Wildman–Crippen LogP) is 3.33. The highest BCUT2D eigenvalue weighted by molar-refractivity contribution is 5.97. The van der Waals surface area contributed by atoms with Crippen LogP contribution in [0.4, 0.5) is 5.69 Å². The molecule has 0 N–H and O–H groups in total. The number of aryl methyl sites for hydroxylation is 2. The Bertz CT molecular complexity index is 691. The molecule has 20 heavy (non-hydrogen) atoms. The first-order chi connectivity index (χ1) is 9.56. The van der Waals surface area contributed by atoms with Crippen molar-refractivity contribution in [2.75, 3.05) is 18.6 Å². The fourth-order valence-corrected chi connectivity index (χ4v) is 2.38. The van der Waals surface area contributed by atoms with Crippen LogP contribution < -0.4 is 9.64 Å². The van der Waals surface area contributed by atoms with Crippen LogP contribution in [-0.2, 0) is 4.79 Å². The number of amides is 1. The number of carbonyl (C=O) groups is 1. The normalized spacial score (nSPS) is 13.9. The molecule has 102 valence electrons. The molecule has 3 heteroatoms. The second-order valence-corrected chi connectivity index (χ2v) is 5.22. The summed E-state index contributed by atoms with van der Waals surface area (Å²) in [6.45, 7) is 4.33. The fourth-order valence-electron chi connectivity index (χ4n) is 2.38. The van der Waals surface area contributed by atoms with Gasteiger partial charge in [0, 0.05) is 7.05 Å². The van der Waals surface area contributed by atoms with E-state index in [9.17, 15) is 4.79 Å². The van der Waals surface area contributed by atoms with Gasteiger partial charge in [-0.2, -0.15) is 0 Å². The van der Waals surface area contributed by atoms with E-state index in [0.717, 1.165) is 17.0 Å². The molecule has 1 aliphatic rings. The number of rotatable bonds is 1. The minimum absolute atomic E-state index is 0.0172. The number of benzene rings is 2. The third-order valence-corrected chi connectivity index (χ3v) is 3.89. The van der Waals surface area contributed by atoms with Crippen molar-refractivity contribution in [3.8, 4) is 16.9 Å². The van der Waals surface area contributed by atoms with Gasteiger partial charge in [-0.1, -0.05) is 24.3 Å². The van der Waals surface area contributed by atoms with E-state index >= 15 is 0 Å². The molecule has 1 aliphatic heterocycles. The van der Waals surface area contributed by atoms with Crippen LogP contribution in [0.1, 0.15) is 11.1 Å². The van der Waals surface area contributed by atoms with Gasteiger partial charge in [-0.3, -0.25) is 4.79 Å². The first kappa shape index (κ1) is 12.7. The van der Waals surface area contributed by atoms with Crippen LogP contribution in [0.15, 0.2) is 36.4 Å². The van der Waals surface area contributed by atoms with Crippen LogP contribution in [0, 0.1) is 13.8 Å². The SMILES string of the molecule is Cc1ccc(-c2ccc3c(c2)OCC(=O)N3C)cc1C. The zero-order chi connectivity index (χ0) is 14.3. The van der Waals surface area contributed by atoms with E-state index in [1.807, 2.05) is 18.2 Å². The van der Waals surface area contributed by atoms with Gasteiger partial charge in [-0.15, -0.1) is 0 Å². The summed E-state index contributed by atoms with van der Waals surface area (Å²) in [7, 11) is 1.78. The molecule has 1 heterocycles. The number of hydrogen-bond donors (Lipinski definition) is 0. The Hall–Kier alpha value is -2.29. The highest BCUT2D eigenvalue weighted by atomic mass is 16.5. The van der Waals surface area contributed by atoms with E-state index in [1.165, 1.54) is 16.7 Å². The van der Waals surface area contributed by atoms with Crippen LogP contribution in [0.5, 0.6) is 5.75 Å². The second-order valence-electron chi connectivity index (χ2n) is 5.22. The van der Waals surface area contributed by atoms with Gasteiger partial charge < -0.3 is 9.64 Å². The third kappa shape index (κ3) is 2.05. The lowest BCUT2D eigenvalue weighted by Gasteiger charge is -2.26. The van der Waals surface area contributed by atoms with Gasteiger partial charge in [0.05, 0.1) is 5.69 Å². The van der Waals surface area contributed by atoms with E-state index < -0.39 is 0 Å². The van der Waals surface area contributed by atoms with Crippen LogP contribution in [-0.4, -0.2) is 19.6 Å². The van der Waals surface area contributed by atoms with Gasteiger partial charge in [0.25, 0.3) is 5.91 Å². The molecule has 3 rings (SSSR count). The Morgan fingerprint density at radius 1 is 1.00 bits per heavy atom. The van der Waals surface area contributed by atoms with Gasteiger partial charge >= 0.3 is 0 Å². The molecule has 0 atom stereocenters. The first-order valence-corrected chi connectivity index (χ1v) is 6.67. The van der Waals surface area contributed by atoms with Gasteiger partial charge in [0.1, 0.15) is 5.75 Å². The molecule has 0 aromatic heterocycles. The molecule has 3 nitrogen and oxygen atoms in total. The average molecular weight is 267 g/mol. The van der Waals surface area contributed by atoms with Gasteiger partial charge in [-0.05, 0) is 48.2 Å². The van der Waals surface area contributed by atoms with Crippen molar-refractivity contribution in [1.29, 1.82) is 0 Å². The summed E-state index contributed by atoms with van der Waals surface area (Å²) < 4.78 is 5.53. The van der Waals surface area contributed by atoms with Crippen molar-refractivity contribution in [2.24, 2.45) is 0 Å². The Labute approximate surface area is 118 Å². The summed E-state index contributed by atoms with van der Waals surface area (Å²) in [6, 6.07) is 12.4. The molecule has 0 unspecified atom stereocenters. The van der Waals surface area contributed by atoms with E-state index in [-0.39, 0.29) is 12.5 Å². The van der Waals surface area contributed by atoms with Crippen molar-refractivity contribution in [3.63, 3.8) is 0 Å². The molecule has 0 radical (unpaired) electrons. The monoisotopic (exact) mass is 267 g/mol. The third-order valence-electron chi connectivity index (χ3n) is 3.89. The molecular formula is C17H17NO2. The number of likely N-dealkylation sites (N-methyl/N-ethyl adjacent to an activating group) is 1. The summed E-state index contributed by atoms with van der Waals surface area (Å²) in [6.07, 6.45) is 0. The summed E-state index contributed by atoms with van der Waals surface area (Å²) >= 11 is 0. The molecule has 0 aliphatic carbocycles. The largest absolute Gasteiger partial charge is 0.482 e. The summed E-state index contributed by atoms with van der Waals surface area (Å²) in [5.74, 6) is 0.749. The van der Waals surface area contributed by atoms with E-state index in [4.69, 9.17) is 4.74 Å². The van der Waals surface area contributed by atoms with Gasteiger partial charge in [0.2, 0.25) is 0 Å². The molecular weight excluding hydrogens is 250 g/mol. The van der Waals surface area contributed by atoms with Crippen LogP contribution >= 0.6 is 0 Å². The zero-order valence-corrected chi connectivity index (χ0v) is 11.9. The molecule has 0 saturated heterocycles. The van der Waals surface area contributed by atoms with Crippen molar-refractivity contribution in [3.05, 3.63) is 47.5 Å². The lowest BCUT2D eigenvalue weighted by atomic mass is 10.00. The maximum Gasteiger partial charge on any atom is 0.264 e. The molecule has 0 bridgehead atoms. The van der Waals surface area contributed by atoms with Crippen molar-refractivity contribution >= 4 is 11.6 Å². The topological polar surface area (TPSA) is 29.5 Å². The number of fused-ring (bicyclic) bond motifs is 1. The maximum atomic E-state index is 11.6. The number of carbonyl (C=O) groups excluding carboxylic acids is 1. The quantitative estimate of drug-likeness (QED) is 0.793. The molecule has 1 amide bonds. The Balaban J connectivity index is 2.04. The molecule has 0 fully saturated rings. The summed E-state index contributed by atoms with van der Waals surface area (Å²) in [5, 5.41) is 0. The highest BCUT2D eigenvalue weighted by Gasteiger charge is 2.22. The zero-order valence-electron chi connectivity index (χ0n) is 11.9. The predicted molar refractivity (Wildman–Crippen MR) is 80.3 cm³/mol. The van der Waals surface area contributed by atoms with Gasteiger partial charge in [0.15, 0.2) is 6.61 Å². The van der Waals surface area contributed by atoms with Crippen LogP contribution in [0.25, 0.3) is 11.1 Å². The van der Waals surface area contributed by atoms with Crippen LogP contribution in [0.3, 0.4) is 0 Å². The number of hydrogen-bond acceptors (Lipinski definition) is 2. The minimum atomic E-state index is -0.0172. The molecule has 0 saturated carbocycles. The summed E-state index contributed by atoms with van der Waals surface area (Å²) in [5.41, 5.74) is 5.66. The maximum absolute atomic E-state index is 11.6. The first-order valence-electron chi connectivity index (χ1n) is 6.67. The minimum Gasteiger partial charge on any atom is -0.482 e. The molecule has 0 spiro atoms. The Kier molecular flexibility index (Phi) is 2.97. The number of anilines is 1. The van der Waals surface area contributed by atoms with Gasteiger partial charge in [-0.25, -0.2) is 0 Å². The van der Waals surface area contributed by atoms with Crippen molar-refractivity contribution < 1.29 is 9.53 Å². The van der Waals surface area contributed by atoms with E-state index in [1.54, 1.807) is 11.9 Å². The molecule has 2 aromatic carbocycles. The number of ether oxygens (including phenoxy) is 1. The molecule has 2 aromatic rings.